The molecule has 0 unspecified atom stereocenters. The lowest BCUT2D eigenvalue weighted by atomic mass is 9.96. The third-order valence-corrected chi connectivity index (χ3v) is 5.60. The zero-order chi connectivity index (χ0) is 16.9. The molecular formula is C20H31N3O. The largest absolute Gasteiger partial charge is 0.368 e. The van der Waals surface area contributed by atoms with E-state index in [1.165, 1.54) is 24.1 Å². The number of fused-ring (bicyclic) bond motifs is 1. The fourth-order valence-electron chi connectivity index (χ4n) is 4.22. The third-order valence-electron chi connectivity index (χ3n) is 5.60. The number of nitrogens with zero attached hydrogens (tertiary/aromatic N) is 2. The number of piperidine rings is 1. The Morgan fingerprint density at radius 2 is 2.12 bits per heavy atom. The monoisotopic (exact) mass is 329 g/mol. The summed E-state index contributed by atoms with van der Waals surface area (Å²) >= 11 is 0. The van der Waals surface area contributed by atoms with Gasteiger partial charge in [0.05, 0.1) is 0 Å². The fourth-order valence-corrected chi connectivity index (χ4v) is 4.22. The van der Waals surface area contributed by atoms with E-state index in [2.05, 4.69) is 46.3 Å². The van der Waals surface area contributed by atoms with Crippen molar-refractivity contribution in [2.45, 2.75) is 45.1 Å². The second-order valence-corrected chi connectivity index (χ2v) is 7.37. The molecule has 2 aliphatic heterocycles. The minimum Gasteiger partial charge on any atom is -0.368 e. The van der Waals surface area contributed by atoms with E-state index in [0.29, 0.717) is 24.3 Å². The van der Waals surface area contributed by atoms with Crippen LogP contribution in [-0.2, 0) is 11.2 Å². The van der Waals surface area contributed by atoms with E-state index in [1.807, 2.05) is 7.05 Å². The summed E-state index contributed by atoms with van der Waals surface area (Å²) in [6, 6.07) is 9.18. The van der Waals surface area contributed by atoms with Crippen LogP contribution in [0, 0.1) is 5.92 Å². The Morgan fingerprint density at radius 1 is 1.29 bits per heavy atom. The Morgan fingerprint density at radius 3 is 2.96 bits per heavy atom. The van der Waals surface area contributed by atoms with Crippen molar-refractivity contribution in [1.29, 1.82) is 0 Å². The van der Waals surface area contributed by atoms with Crippen molar-refractivity contribution in [2.75, 3.05) is 38.1 Å². The highest BCUT2D eigenvalue weighted by atomic mass is 16.2. The maximum atomic E-state index is 12.7. The number of hydrogen-bond acceptors (Lipinski definition) is 3. The topological polar surface area (TPSA) is 35.6 Å². The molecule has 0 radical (unpaired) electrons. The molecule has 1 N–H and O–H groups in total. The van der Waals surface area contributed by atoms with Crippen LogP contribution in [0.15, 0.2) is 24.3 Å². The van der Waals surface area contributed by atoms with E-state index in [0.717, 1.165) is 39.0 Å². The highest BCUT2D eigenvalue weighted by Crippen LogP contribution is 2.30. The summed E-state index contributed by atoms with van der Waals surface area (Å²) in [5.41, 5.74) is 2.76. The van der Waals surface area contributed by atoms with Gasteiger partial charge in [0.15, 0.2) is 0 Å². The molecule has 24 heavy (non-hydrogen) atoms. The second-order valence-electron chi connectivity index (χ2n) is 7.37. The average molecular weight is 329 g/mol. The number of anilines is 1. The average Bonchev–Trinajstić information content (AvgIpc) is 2.61. The number of hydrogen-bond donors (Lipinski definition) is 1. The van der Waals surface area contributed by atoms with Gasteiger partial charge in [0, 0.05) is 37.8 Å². The highest BCUT2D eigenvalue weighted by molar-refractivity contribution is 5.77. The van der Waals surface area contributed by atoms with Gasteiger partial charge in [0.25, 0.3) is 0 Å². The quantitative estimate of drug-likeness (QED) is 0.902. The van der Waals surface area contributed by atoms with Crippen LogP contribution in [0.25, 0.3) is 0 Å². The molecule has 0 aromatic heterocycles. The number of amides is 1. The summed E-state index contributed by atoms with van der Waals surface area (Å²) in [4.78, 5) is 17.2. The standard InChI is InChI=1S/C20H31N3O/c1-16-9-10-18-7-3-4-8-19(18)23(16)13-11-20(24)22-12-5-6-17(15-22)14-21-2/h3-4,7-8,16-17,21H,5-6,9-15H2,1-2H3/t16-,17-/m1/s1. The summed E-state index contributed by atoms with van der Waals surface area (Å²) in [6.07, 6.45) is 5.34. The molecule has 1 saturated heterocycles. The van der Waals surface area contributed by atoms with Gasteiger partial charge in [-0.15, -0.1) is 0 Å². The van der Waals surface area contributed by atoms with E-state index < -0.39 is 0 Å². The first kappa shape index (κ1) is 17.3. The SMILES string of the molecule is CNC[C@H]1CCCN(C(=O)CCN2c3ccccc3CC[C@H]2C)C1. The highest BCUT2D eigenvalue weighted by Gasteiger charge is 2.26. The summed E-state index contributed by atoms with van der Waals surface area (Å²) in [5.74, 6) is 0.938. The molecular weight excluding hydrogens is 298 g/mol. The first-order chi connectivity index (χ1) is 11.7. The van der Waals surface area contributed by atoms with E-state index >= 15 is 0 Å². The Bertz CT molecular complexity index is 558. The number of nitrogens with one attached hydrogen (secondary N) is 1. The molecule has 1 aromatic carbocycles. The number of benzene rings is 1. The molecule has 3 rings (SSSR count). The van der Waals surface area contributed by atoms with Gasteiger partial charge in [0.2, 0.25) is 5.91 Å². The molecule has 1 amide bonds. The van der Waals surface area contributed by atoms with Crippen LogP contribution in [0.3, 0.4) is 0 Å². The Labute approximate surface area is 146 Å². The molecule has 1 aromatic rings. The maximum Gasteiger partial charge on any atom is 0.224 e. The van der Waals surface area contributed by atoms with E-state index in [9.17, 15) is 4.79 Å². The normalized spacial score (nSPS) is 23.9. The summed E-state index contributed by atoms with van der Waals surface area (Å²) < 4.78 is 0. The number of likely N-dealkylation sites (tertiary alicyclic amines) is 1. The van der Waals surface area contributed by atoms with Crippen LogP contribution >= 0.6 is 0 Å². The predicted molar refractivity (Wildman–Crippen MR) is 99.4 cm³/mol. The maximum absolute atomic E-state index is 12.7. The number of para-hydroxylation sites is 1. The number of aryl methyl sites for hydroxylation is 1. The Balaban J connectivity index is 1.58. The summed E-state index contributed by atoms with van der Waals surface area (Å²) in [5, 5.41) is 3.25. The Kier molecular flexibility index (Phi) is 5.77. The van der Waals surface area contributed by atoms with E-state index in [4.69, 9.17) is 0 Å². The molecule has 1 fully saturated rings. The van der Waals surface area contributed by atoms with E-state index in [1.54, 1.807) is 0 Å². The van der Waals surface area contributed by atoms with Crippen molar-refractivity contribution in [3.63, 3.8) is 0 Å². The number of carbonyl (C=O) groups excluding carboxylic acids is 1. The van der Waals surface area contributed by atoms with Crippen molar-refractivity contribution in [3.05, 3.63) is 29.8 Å². The van der Waals surface area contributed by atoms with Crippen molar-refractivity contribution in [3.8, 4) is 0 Å². The third kappa shape index (κ3) is 3.92. The molecule has 2 heterocycles. The second kappa shape index (κ2) is 8.02. The Hall–Kier alpha value is -1.55. The van der Waals surface area contributed by atoms with Gasteiger partial charge in [-0.05, 0) is 63.7 Å². The zero-order valence-electron chi connectivity index (χ0n) is 15.1. The minimum absolute atomic E-state index is 0.325. The van der Waals surface area contributed by atoms with Crippen LogP contribution < -0.4 is 10.2 Å². The van der Waals surface area contributed by atoms with Crippen LogP contribution in [0.4, 0.5) is 5.69 Å². The predicted octanol–water partition coefficient (Wildman–Crippen LogP) is 2.68. The molecule has 132 valence electrons. The molecule has 0 aliphatic carbocycles. The van der Waals surface area contributed by atoms with Crippen molar-refractivity contribution in [1.82, 2.24) is 10.2 Å². The van der Waals surface area contributed by atoms with Gasteiger partial charge in [-0.25, -0.2) is 0 Å². The van der Waals surface area contributed by atoms with Gasteiger partial charge in [-0.2, -0.15) is 0 Å². The van der Waals surface area contributed by atoms with Gasteiger partial charge < -0.3 is 15.1 Å². The smallest absolute Gasteiger partial charge is 0.224 e. The van der Waals surface area contributed by atoms with Crippen molar-refractivity contribution < 1.29 is 4.79 Å². The number of carbonyl (C=O) groups is 1. The molecule has 2 atom stereocenters. The number of rotatable bonds is 5. The van der Waals surface area contributed by atoms with Crippen LogP contribution in [0.2, 0.25) is 0 Å². The molecule has 0 bridgehead atoms. The molecule has 0 saturated carbocycles. The lowest BCUT2D eigenvalue weighted by Crippen LogP contribution is -2.44. The van der Waals surface area contributed by atoms with Gasteiger partial charge in [-0.3, -0.25) is 4.79 Å². The van der Waals surface area contributed by atoms with Crippen LogP contribution in [0.1, 0.15) is 38.2 Å². The van der Waals surface area contributed by atoms with Gasteiger partial charge >= 0.3 is 0 Å². The van der Waals surface area contributed by atoms with Crippen molar-refractivity contribution in [2.24, 2.45) is 5.92 Å². The lowest BCUT2D eigenvalue weighted by Gasteiger charge is -2.38. The van der Waals surface area contributed by atoms with Gasteiger partial charge in [0.1, 0.15) is 0 Å². The zero-order valence-corrected chi connectivity index (χ0v) is 15.1. The lowest BCUT2D eigenvalue weighted by molar-refractivity contribution is -0.132. The molecule has 0 spiro atoms. The first-order valence-electron chi connectivity index (χ1n) is 9.46. The van der Waals surface area contributed by atoms with Crippen LogP contribution in [0.5, 0.6) is 0 Å². The van der Waals surface area contributed by atoms with Gasteiger partial charge in [-0.1, -0.05) is 18.2 Å². The molecule has 4 nitrogen and oxygen atoms in total. The summed E-state index contributed by atoms with van der Waals surface area (Å²) in [6.45, 7) is 5.99. The summed E-state index contributed by atoms with van der Waals surface area (Å²) in [7, 11) is 2.00. The fraction of sp³-hybridized carbons (Fsp3) is 0.650. The molecule has 4 heteroatoms. The van der Waals surface area contributed by atoms with E-state index in [-0.39, 0.29) is 0 Å². The van der Waals surface area contributed by atoms with Crippen LogP contribution in [-0.4, -0.2) is 50.1 Å². The molecule has 2 aliphatic rings. The minimum atomic E-state index is 0.325. The van der Waals surface area contributed by atoms with Crippen molar-refractivity contribution >= 4 is 11.6 Å². The first-order valence-corrected chi connectivity index (χ1v) is 9.46.